The van der Waals surface area contributed by atoms with E-state index in [2.05, 4.69) is 20.9 Å². The molecule has 0 N–H and O–H groups in total. The van der Waals surface area contributed by atoms with Gasteiger partial charge in [0.15, 0.2) is 5.75 Å². The van der Waals surface area contributed by atoms with E-state index in [1.54, 1.807) is 29.7 Å². The zero-order valence-electron chi connectivity index (χ0n) is 9.06. The first-order valence-corrected chi connectivity index (χ1v) is 7.23. The van der Waals surface area contributed by atoms with Gasteiger partial charge in [-0.2, -0.15) is 0 Å². The molecule has 0 amide bonds. The first-order valence-electron chi connectivity index (χ1n) is 5.18. The van der Waals surface area contributed by atoms with Crippen molar-refractivity contribution in [3.63, 3.8) is 0 Å². The summed E-state index contributed by atoms with van der Waals surface area (Å²) in [5.74, 6) is 1.48. The number of pyridine rings is 1. The summed E-state index contributed by atoms with van der Waals surface area (Å²) in [5.41, 5.74) is 0. The molecule has 0 radical (unpaired) electrons. The highest BCUT2D eigenvalue weighted by atomic mass is 79.9. The fourth-order valence-corrected chi connectivity index (χ4v) is 3.37. The number of fused-ring (bicyclic) bond motifs is 1. The Morgan fingerprint density at radius 3 is 2.72 bits per heavy atom. The Balaban J connectivity index is 2.04. The molecule has 90 valence electrons. The van der Waals surface area contributed by atoms with Crippen molar-refractivity contribution in [3.8, 4) is 11.5 Å². The molecule has 0 saturated heterocycles. The maximum atomic E-state index is 5.84. The van der Waals surface area contributed by atoms with Crippen molar-refractivity contribution in [1.29, 1.82) is 0 Å². The zero-order chi connectivity index (χ0) is 12.5. The van der Waals surface area contributed by atoms with Crippen LogP contribution in [-0.4, -0.2) is 4.98 Å². The largest absolute Gasteiger partial charge is 0.455 e. The van der Waals surface area contributed by atoms with Crippen LogP contribution in [0.1, 0.15) is 0 Å². The molecule has 3 aromatic rings. The lowest BCUT2D eigenvalue weighted by Gasteiger charge is -2.06. The van der Waals surface area contributed by atoms with Crippen LogP contribution in [-0.2, 0) is 0 Å². The van der Waals surface area contributed by atoms with Crippen LogP contribution in [0.25, 0.3) is 10.1 Å². The molecule has 0 atom stereocenters. The second-order valence-electron chi connectivity index (χ2n) is 3.65. The van der Waals surface area contributed by atoms with Crippen molar-refractivity contribution < 1.29 is 4.74 Å². The van der Waals surface area contributed by atoms with E-state index in [0.29, 0.717) is 5.02 Å². The first-order chi connectivity index (χ1) is 8.74. The van der Waals surface area contributed by atoms with Gasteiger partial charge in [0.1, 0.15) is 5.75 Å². The number of thiophene rings is 1. The van der Waals surface area contributed by atoms with E-state index in [-0.39, 0.29) is 0 Å². The number of nitrogens with zero attached hydrogens (tertiary/aromatic N) is 1. The third kappa shape index (κ3) is 2.23. The molecule has 0 aliphatic carbocycles. The van der Waals surface area contributed by atoms with Crippen LogP contribution in [0.3, 0.4) is 0 Å². The smallest absolute Gasteiger partial charge is 0.155 e. The van der Waals surface area contributed by atoms with E-state index in [9.17, 15) is 0 Å². The molecule has 0 bridgehead atoms. The molecule has 0 aliphatic rings. The molecule has 0 fully saturated rings. The fraction of sp³-hybridized carbons (Fsp3) is 0. The van der Waals surface area contributed by atoms with Crippen molar-refractivity contribution in [2.45, 2.75) is 0 Å². The van der Waals surface area contributed by atoms with Crippen LogP contribution in [0.5, 0.6) is 11.5 Å². The van der Waals surface area contributed by atoms with Crippen molar-refractivity contribution in [3.05, 3.63) is 51.5 Å². The van der Waals surface area contributed by atoms with Gasteiger partial charge in [0.2, 0.25) is 0 Å². The lowest BCUT2D eigenvalue weighted by molar-refractivity contribution is 0.486. The number of rotatable bonds is 2. The van der Waals surface area contributed by atoms with Crippen molar-refractivity contribution in [1.82, 2.24) is 4.98 Å². The van der Waals surface area contributed by atoms with Gasteiger partial charge in [0.25, 0.3) is 0 Å². The monoisotopic (exact) mass is 339 g/mol. The van der Waals surface area contributed by atoms with Crippen LogP contribution in [0, 0.1) is 0 Å². The minimum atomic E-state index is 0.690. The summed E-state index contributed by atoms with van der Waals surface area (Å²) in [4.78, 5) is 4.18. The second-order valence-corrected chi connectivity index (χ2v) is 5.85. The van der Waals surface area contributed by atoms with Gasteiger partial charge in [-0.05, 0) is 40.2 Å². The number of hydrogen-bond acceptors (Lipinski definition) is 3. The Morgan fingerprint density at radius 1 is 1.17 bits per heavy atom. The topological polar surface area (TPSA) is 22.1 Å². The molecule has 0 spiro atoms. The summed E-state index contributed by atoms with van der Waals surface area (Å²) in [5, 5.41) is 3.77. The SMILES string of the molecule is Clc1ccc(Oc2cncc3scc(Br)c23)cc1. The van der Waals surface area contributed by atoms with Crippen LogP contribution >= 0.6 is 38.9 Å². The summed E-state index contributed by atoms with van der Waals surface area (Å²) in [6.07, 6.45) is 3.55. The van der Waals surface area contributed by atoms with E-state index in [1.165, 1.54) is 0 Å². The molecule has 3 rings (SSSR count). The van der Waals surface area contributed by atoms with Crippen molar-refractivity contribution >= 4 is 49.0 Å². The number of aromatic nitrogens is 1. The number of hydrogen-bond donors (Lipinski definition) is 0. The molecule has 2 heterocycles. The predicted octanol–water partition coefficient (Wildman–Crippen LogP) is 5.50. The Labute approximate surface area is 121 Å². The minimum Gasteiger partial charge on any atom is -0.455 e. The third-order valence-corrected chi connectivity index (χ3v) is 4.54. The average Bonchev–Trinajstić information content (AvgIpc) is 2.75. The fourth-order valence-electron chi connectivity index (χ4n) is 1.63. The quantitative estimate of drug-likeness (QED) is 0.614. The molecule has 18 heavy (non-hydrogen) atoms. The van der Waals surface area contributed by atoms with Crippen LogP contribution in [0.2, 0.25) is 5.02 Å². The Kier molecular flexibility index (Phi) is 3.24. The lowest BCUT2D eigenvalue weighted by atomic mass is 10.3. The first kappa shape index (κ1) is 12.0. The highest BCUT2D eigenvalue weighted by Crippen LogP contribution is 2.38. The maximum Gasteiger partial charge on any atom is 0.155 e. The van der Waals surface area contributed by atoms with E-state index in [0.717, 1.165) is 26.1 Å². The zero-order valence-corrected chi connectivity index (χ0v) is 12.2. The van der Waals surface area contributed by atoms with Gasteiger partial charge in [-0.25, -0.2) is 0 Å². The number of halogens is 2. The van der Waals surface area contributed by atoms with Crippen molar-refractivity contribution in [2.24, 2.45) is 0 Å². The Hall–Kier alpha value is -1.10. The van der Waals surface area contributed by atoms with E-state index < -0.39 is 0 Å². The van der Waals surface area contributed by atoms with Crippen LogP contribution < -0.4 is 4.74 Å². The standard InChI is InChI=1S/C13H7BrClNOS/c14-10-7-18-12-6-16-5-11(13(10)12)17-9-3-1-8(15)2-4-9/h1-7H. The molecule has 5 heteroatoms. The van der Waals surface area contributed by atoms with Crippen LogP contribution in [0.15, 0.2) is 46.5 Å². The molecule has 0 saturated carbocycles. The summed E-state index contributed by atoms with van der Waals surface area (Å²) < 4.78 is 7.95. The van der Waals surface area contributed by atoms with Gasteiger partial charge in [-0.15, -0.1) is 11.3 Å². The molecule has 1 aromatic carbocycles. The summed E-state index contributed by atoms with van der Waals surface area (Å²) in [7, 11) is 0. The Morgan fingerprint density at radius 2 is 1.94 bits per heavy atom. The Bertz CT molecular complexity index is 696. The summed E-state index contributed by atoms with van der Waals surface area (Å²) in [6, 6.07) is 7.27. The van der Waals surface area contributed by atoms with Gasteiger partial charge in [0, 0.05) is 21.1 Å². The molecule has 2 nitrogen and oxygen atoms in total. The van der Waals surface area contributed by atoms with E-state index in [4.69, 9.17) is 16.3 Å². The van der Waals surface area contributed by atoms with Gasteiger partial charge >= 0.3 is 0 Å². The molecule has 2 aromatic heterocycles. The van der Waals surface area contributed by atoms with Crippen LogP contribution in [0.4, 0.5) is 0 Å². The third-order valence-electron chi connectivity index (χ3n) is 2.45. The number of ether oxygens (including phenoxy) is 1. The van der Waals surface area contributed by atoms with Gasteiger partial charge in [-0.3, -0.25) is 4.98 Å². The second kappa shape index (κ2) is 4.88. The summed E-state index contributed by atoms with van der Waals surface area (Å²) >= 11 is 11.0. The highest BCUT2D eigenvalue weighted by molar-refractivity contribution is 9.10. The normalized spacial score (nSPS) is 10.8. The van der Waals surface area contributed by atoms with Crippen molar-refractivity contribution in [2.75, 3.05) is 0 Å². The van der Waals surface area contributed by atoms with E-state index in [1.807, 2.05) is 23.7 Å². The molecule has 0 unspecified atom stereocenters. The molecular weight excluding hydrogens is 334 g/mol. The minimum absolute atomic E-state index is 0.690. The summed E-state index contributed by atoms with van der Waals surface area (Å²) in [6.45, 7) is 0. The van der Waals surface area contributed by atoms with Gasteiger partial charge < -0.3 is 4.74 Å². The number of benzene rings is 1. The highest BCUT2D eigenvalue weighted by Gasteiger charge is 2.09. The molecule has 0 aliphatic heterocycles. The molecular formula is C13H7BrClNOS. The van der Waals surface area contributed by atoms with Gasteiger partial charge in [-0.1, -0.05) is 11.6 Å². The maximum absolute atomic E-state index is 5.84. The van der Waals surface area contributed by atoms with Gasteiger partial charge in [0.05, 0.1) is 16.3 Å². The van der Waals surface area contributed by atoms with E-state index >= 15 is 0 Å². The average molecular weight is 341 g/mol. The predicted molar refractivity (Wildman–Crippen MR) is 78.8 cm³/mol. The lowest BCUT2D eigenvalue weighted by Crippen LogP contribution is -1.85.